The van der Waals surface area contributed by atoms with Crippen molar-refractivity contribution in [1.82, 2.24) is 4.98 Å². The van der Waals surface area contributed by atoms with Crippen LogP contribution < -0.4 is 10.6 Å². The zero-order valence-electron chi connectivity index (χ0n) is 11.3. The van der Waals surface area contributed by atoms with Gasteiger partial charge in [-0.05, 0) is 25.8 Å². The summed E-state index contributed by atoms with van der Waals surface area (Å²) in [4.78, 5) is 6.84. The van der Waals surface area contributed by atoms with Crippen LogP contribution in [0.4, 0.5) is 5.82 Å². The van der Waals surface area contributed by atoms with Crippen LogP contribution in [-0.4, -0.2) is 30.8 Å². The highest BCUT2D eigenvalue weighted by Crippen LogP contribution is 2.24. The number of hydrogen-bond donors (Lipinski definition) is 1. The van der Waals surface area contributed by atoms with Gasteiger partial charge >= 0.3 is 0 Å². The van der Waals surface area contributed by atoms with Crippen molar-refractivity contribution in [3.05, 3.63) is 23.9 Å². The lowest BCUT2D eigenvalue weighted by Gasteiger charge is -2.27. The topological polar surface area (TPSA) is 51.4 Å². The fraction of sp³-hybridized carbons (Fsp3) is 0.643. The molecule has 1 saturated heterocycles. The summed E-state index contributed by atoms with van der Waals surface area (Å²) < 4.78 is 5.80. The Balaban J connectivity index is 2.23. The standard InChI is InChI=1S/C14H23N3O/c1-3-12-10-17(8-5-9-18-12)14-13(11(2)15)6-4-7-16-14/h4,6-7,11-12H,3,5,8-10,15H2,1-2H3. The van der Waals surface area contributed by atoms with Crippen LogP contribution in [0.15, 0.2) is 18.3 Å². The molecule has 1 aromatic heterocycles. The average molecular weight is 249 g/mol. The van der Waals surface area contributed by atoms with Gasteiger partial charge in [0.05, 0.1) is 6.10 Å². The zero-order valence-corrected chi connectivity index (χ0v) is 11.3. The van der Waals surface area contributed by atoms with Crippen molar-refractivity contribution in [2.75, 3.05) is 24.6 Å². The molecule has 2 atom stereocenters. The van der Waals surface area contributed by atoms with Crippen molar-refractivity contribution < 1.29 is 4.74 Å². The van der Waals surface area contributed by atoms with Crippen LogP contribution in [0.1, 0.15) is 38.3 Å². The first-order valence-electron chi connectivity index (χ1n) is 6.79. The minimum Gasteiger partial charge on any atom is -0.376 e. The number of anilines is 1. The van der Waals surface area contributed by atoms with Crippen molar-refractivity contribution >= 4 is 5.82 Å². The third-order valence-electron chi connectivity index (χ3n) is 3.41. The number of nitrogens with zero attached hydrogens (tertiary/aromatic N) is 2. The summed E-state index contributed by atoms with van der Waals surface area (Å²) in [5.74, 6) is 1.02. The molecule has 1 fully saturated rings. The summed E-state index contributed by atoms with van der Waals surface area (Å²) in [6, 6.07) is 4.03. The lowest BCUT2D eigenvalue weighted by atomic mass is 10.1. The average Bonchev–Trinajstić information content (AvgIpc) is 2.64. The molecule has 0 spiro atoms. The van der Waals surface area contributed by atoms with Crippen molar-refractivity contribution in [3.63, 3.8) is 0 Å². The maximum Gasteiger partial charge on any atom is 0.133 e. The normalized spacial score (nSPS) is 22.6. The van der Waals surface area contributed by atoms with Gasteiger partial charge in [0.2, 0.25) is 0 Å². The monoisotopic (exact) mass is 249 g/mol. The number of hydrogen-bond acceptors (Lipinski definition) is 4. The zero-order chi connectivity index (χ0) is 13.0. The molecule has 1 aromatic rings. The van der Waals surface area contributed by atoms with E-state index in [0.717, 1.165) is 43.9 Å². The predicted octanol–water partition coefficient (Wildman–Crippen LogP) is 2.11. The van der Waals surface area contributed by atoms with E-state index in [1.807, 2.05) is 19.2 Å². The lowest BCUT2D eigenvalue weighted by molar-refractivity contribution is 0.0664. The van der Waals surface area contributed by atoms with Crippen LogP contribution in [0.25, 0.3) is 0 Å². The molecule has 4 nitrogen and oxygen atoms in total. The fourth-order valence-electron chi connectivity index (χ4n) is 2.36. The molecule has 2 unspecified atom stereocenters. The fourth-order valence-corrected chi connectivity index (χ4v) is 2.36. The highest BCUT2D eigenvalue weighted by Gasteiger charge is 2.21. The van der Waals surface area contributed by atoms with Gasteiger partial charge < -0.3 is 15.4 Å². The predicted molar refractivity (Wildman–Crippen MR) is 73.7 cm³/mol. The van der Waals surface area contributed by atoms with Crippen molar-refractivity contribution in [1.29, 1.82) is 0 Å². The van der Waals surface area contributed by atoms with Crippen LogP contribution in [0.5, 0.6) is 0 Å². The van der Waals surface area contributed by atoms with Gasteiger partial charge in [-0.1, -0.05) is 13.0 Å². The van der Waals surface area contributed by atoms with E-state index >= 15 is 0 Å². The molecule has 2 N–H and O–H groups in total. The molecule has 0 amide bonds. The SMILES string of the molecule is CCC1CN(c2ncccc2C(C)N)CCCO1. The van der Waals surface area contributed by atoms with Crippen LogP contribution >= 0.6 is 0 Å². The van der Waals surface area contributed by atoms with Crippen LogP contribution in [0, 0.1) is 0 Å². The second-order valence-electron chi connectivity index (χ2n) is 4.91. The molecule has 1 aliphatic rings. The first-order valence-corrected chi connectivity index (χ1v) is 6.79. The van der Waals surface area contributed by atoms with Gasteiger partial charge in [-0.2, -0.15) is 0 Å². The van der Waals surface area contributed by atoms with Crippen LogP contribution in [-0.2, 0) is 4.74 Å². The smallest absolute Gasteiger partial charge is 0.133 e. The third kappa shape index (κ3) is 3.00. The summed E-state index contributed by atoms with van der Waals surface area (Å²) in [6.45, 7) is 6.92. The minimum absolute atomic E-state index is 0.0120. The molecular weight excluding hydrogens is 226 g/mol. The largest absolute Gasteiger partial charge is 0.376 e. The molecule has 2 heterocycles. The Bertz CT molecular complexity index is 381. The Labute approximate surface area is 109 Å². The molecule has 0 aliphatic carbocycles. The Morgan fingerprint density at radius 2 is 2.44 bits per heavy atom. The van der Waals surface area contributed by atoms with E-state index in [1.165, 1.54) is 0 Å². The van der Waals surface area contributed by atoms with Gasteiger partial charge in [0.25, 0.3) is 0 Å². The van der Waals surface area contributed by atoms with E-state index in [2.05, 4.69) is 22.9 Å². The van der Waals surface area contributed by atoms with Crippen LogP contribution in [0.3, 0.4) is 0 Å². The second kappa shape index (κ2) is 6.16. The van der Waals surface area contributed by atoms with Crippen LogP contribution in [0.2, 0.25) is 0 Å². The van der Waals surface area contributed by atoms with Crippen molar-refractivity contribution in [3.8, 4) is 0 Å². The van der Waals surface area contributed by atoms with Gasteiger partial charge in [0, 0.05) is 37.5 Å². The van der Waals surface area contributed by atoms with Gasteiger partial charge in [-0.15, -0.1) is 0 Å². The van der Waals surface area contributed by atoms with Crippen molar-refractivity contribution in [2.24, 2.45) is 5.73 Å². The maximum absolute atomic E-state index is 6.03. The summed E-state index contributed by atoms with van der Waals surface area (Å²) >= 11 is 0. The number of rotatable bonds is 3. The quantitative estimate of drug-likeness (QED) is 0.891. The molecule has 4 heteroatoms. The van der Waals surface area contributed by atoms with Gasteiger partial charge in [-0.25, -0.2) is 4.98 Å². The Kier molecular flexibility index (Phi) is 4.55. The molecule has 0 aromatic carbocycles. The molecular formula is C14H23N3O. The van der Waals surface area contributed by atoms with Gasteiger partial charge in [0.15, 0.2) is 0 Å². The Morgan fingerprint density at radius 1 is 1.61 bits per heavy atom. The third-order valence-corrected chi connectivity index (χ3v) is 3.41. The molecule has 2 rings (SSSR count). The molecule has 0 saturated carbocycles. The number of nitrogens with two attached hydrogens (primary N) is 1. The summed E-state index contributed by atoms with van der Waals surface area (Å²) in [6.07, 6.45) is 4.23. The first kappa shape index (κ1) is 13.3. The Hall–Kier alpha value is -1.13. The second-order valence-corrected chi connectivity index (χ2v) is 4.91. The molecule has 100 valence electrons. The Morgan fingerprint density at radius 3 is 3.17 bits per heavy atom. The van der Waals surface area contributed by atoms with E-state index < -0.39 is 0 Å². The maximum atomic E-state index is 6.03. The minimum atomic E-state index is 0.0120. The highest BCUT2D eigenvalue weighted by molar-refractivity contribution is 5.48. The number of aromatic nitrogens is 1. The molecule has 1 aliphatic heterocycles. The summed E-state index contributed by atoms with van der Waals surface area (Å²) in [7, 11) is 0. The molecule has 0 bridgehead atoms. The molecule has 0 radical (unpaired) electrons. The summed E-state index contributed by atoms with van der Waals surface area (Å²) in [5.41, 5.74) is 7.15. The number of pyridine rings is 1. The van der Waals surface area contributed by atoms with E-state index in [0.29, 0.717) is 6.10 Å². The highest BCUT2D eigenvalue weighted by atomic mass is 16.5. The van der Waals surface area contributed by atoms with E-state index in [1.54, 1.807) is 0 Å². The summed E-state index contributed by atoms with van der Waals surface area (Å²) in [5, 5.41) is 0. The first-order chi connectivity index (χ1) is 8.72. The molecule has 18 heavy (non-hydrogen) atoms. The number of ether oxygens (including phenoxy) is 1. The van der Waals surface area contributed by atoms with E-state index in [4.69, 9.17) is 10.5 Å². The van der Waals surface area contributed by atoms with Gasteiger partial charge in [0.1, 0.15) is 5.82 Å². The van der Waals surface area contributed by atoms with Gasteiger partial charge in [-0.3, -0.25) is 0 Å². The lowest BCUT2D eigenvalue weighted by Crippen LogP contribution is -2.33. The van der Waals surface area contributed by atoms with E-state index in [-0.39, 0.29) is 6.04 Å². The van der Waals surface area contributed by atoms with Crippen molar-refractivity contribution in [2.45, 2.75) is 38.8 Å². The van der Waals surface area contributed by atoms with E-state index in [9.17, 15) is 0 Å².